The first kappa shape index (κ1) is 18.3. The molecule has 0 aromatic rings. The highest BCUT2D eigenvalue weighted by Crippen LogP contribution is 2.22. The zero-order chi connectivity index (χ0) is 14.9. The summed E-state index contributed by atoms with van der Waals surface area (Å²) >= 11 is 0. The van der Waals surface area contributed by atoms with E-state index in [1.165, 1.54) is 6.92 Å². The molecular weight excluding hydrogens is 252 g/mol. The van der Waals surface area contributed by atoms with Gasteiger partial charge < -0.3 is 4.74 Å². The van der Waals surface area contributed by atoms with Gasteiger partial charge in [0.25, 0.3) is 0 Å². The highest BCUT2D eigenvalue weighted by molar-refractivity contribution is 5.69. The van der Waals surface area contributed by atoms with E-state index < -0.39 is 11.4 Å². The molecule has 6 nitrogen and oxygen atoms in total. The van der Waals surface area contributed by atoms with E-state index >= 15 is 0 Å². The maximum Gasteiger partial charge on any atom is 0.305 e. The van der Waals surface area contributed by atoms with Crippen LogP contribution in [-0.4, -0.2) is 29.2 Å². The van der Waals surface area contributed by atoms with Crippen molar-refractivity contribution in [3.8, 4) is 0 Å². The van der Waals surface area contributed by atoms with Crippen LogP contribution >= 0.6 is 0 Å². The molecule has 114 valence electrons. The van der Waals surface area contributed by atoms with Crippen LogP contribution in [0.3, 0.4) is 0 Å². The second kappa shape index (κ2) is 8.47. The van der Waals surface area contributed by atoms with E-state index in [4.69, 9.17) is 19.8 Å². The second-order valence-corrected chi connectivity index (χ2v) is 5.58. The van der Waals surface area contributed by atoms with Gasteiger partial charge in [-0.05, 0) is 34.1 Å². The van der Waals surface area contributed by atoms with Gasteiger partial charge in [0.15, 0.2) is 0 Å². The minimum absolute atomic E-state index is 0.0777. The Balaban J connectivity index is 4.06. The van der Waals surface area contributed by atoms with Gasteiger partial charge in [-0.25, -0.2) is 15.0 Å². The van der Waals surface area contributed by atoms with Crippen molar-refractivity contribution in [3.63, 3.8) is 0 Å². The summed E-state index contributed by atoms with van der Waals surface area (Å²) in [5.74, 6) is -1.74. The number of hydrogen-bond acceptors (Lipinski definition) is 6. The molecule has 0 aromatic carbocycles. The van der Waals surface area contributed by atoms with Crippen LogP contribution < -0.4 is 0 Å². The number of carbonyl (C=O) groups is 1. The van der Waals surface area contributed by atoms with Crippen molar-refractivity contribution < 1.29 is 29.5 Å². The Hall–Kier alpha value is -0.690. The Kier molecular flexibility index (Phi) is 8.17. The predicted octanol–water partition coefficient (Wildman–Crippen LogP) is 3.06. The lowest BCUT2D eigenvalue weighted by Crippen LogP contribution is -2.36. The summed E-state index contributed by atoms with van der Waals surface area (Å²) in [5.41, 5.74) is -0.540. The minimum atomic E-state index is -1.39. The van der Waals surface area contributed by atoms with Crippen molar-refractivity contribution in [3.05, 3.63) is 0 Å². The van der Waals surface area contributed by atoms with Crippen molar-refractivity contribution in [1.29, 1.82) is 0 Å². The van der Waals surface area contributed by atoms with Crippen LogP contribution in [0.5, 0.6) is 0 Å². The monoisotopic (exact) mass is 278 g/mol. The number of unbranched alkanes of at least 4 members (excludes halogenated alkanes) is 1. The number of esters is 1. The largest absolute Gasteiger partial charge is 0.466 e. The number of ether oxygens (including phenoxy) is 1. The molecule has 1 N–H and O–H groups in total. The maximum atomic E-state index is 11.4. The quantitative estimate of drug-likeness (QED) is 0.230. The Morgan fingerprint density at radius 2 is 1.79 bits per heavy atom. The lowest BCUT2D eigenvalue weighted by atomic mass is 10.2. The third kappa shape index (κ3) is 9.84. The molecule has 1 atom stereocenters. The molecule has 0 saturated carbocycles. The molecule has 0 aliphatic heterocycles. The number of carbonyl (C=O) groups excluding carboxylic acids is 1. The summed E-state index contributed by atoms with van der Waals surface area (Å²) in [4.78, 5) is 25.8. The Morgan fingerprint density at radius 1 is 1.16 bits per heavy atom. The molecule has 0 radical (unpaired) electrons. The van der Waals surface area contributed by atoms with Crippen molar-refractivity contribution in [2.75, 3.05) is 6.61 Å². The zero-order valence-electron chi connectivity index (χ0n) is 12.5. The van der Waals surface area contributed by atoms with Crippen LogP contribution in [0.25, 0.3) is 0 Å². The van der Waals surface area contributed by atoms with Gasteiger partial charge in [-0.2, -0.15) is 4.89 Å². The Labute approximate surface area is 114 Å². The second-order valence-electron chi connectivity index (χ2n) is 5.58. The SMILES string of the molecule is CCCCOC(=O)CCC(C)(OO)OOC(C)(C)C. The van der Waals surface area contributed by atoms with Gasteiger partial charge in [-0.15, -0.1) is 0 Å². The van der Waals surface area contributed by atoms with E-state index in [0.717, 1.165) is 12.8 Å². The topological polar surface area (TPSA) is 74.2 Å². The van der Waals surface area contributed by atoms with E-state index in [-0.39, 0.29) is 18.8 Å². The fourth-order valence-electron chi connectivity index (χ4n) is 1.05. The molecule has 1 unspecified atom stereocenters. The molecule has 0 spiro atoms. The molecule has 0 fully saturated rings. The van der Waals surface area contributed by atoms with E-state index in [0.29, 0.717) is 6.61 Å². The zero-order valence-corrected chi connectivity index (χ0v) is 12.5. The Morgan fingerprint density at radius 3 is 2.26 bits per heavy atom. The van der Waals surface area contributed by atoms with Crippen molar-refractivity contribution in [2.24, 2.45) is 0 Å². The van der Waals surface area contributed by atoms with Crippen LogP contribution in [0, 0.1) is 0 Å². The number of rotatable bonds is 9. The summed E-state index contributed by atoms with van der Waals surface area (Å²) < 4.78 is 5.00. The average molecular weight is 278 g/mol. The van der Waals surface area contributed by atoms with Gasteiger partial charge >= 0.3 is 5.97 Å². The van der Waals surface area contributed by atoms with Gasteiger partial charge in [0.05, 0.1) is 18.6 Å². The van der Waals surface area contributed by atoms with E-state index in [9.17, 15) is 4.79 Å². The van der Waals surface area contributed by atoms with Crippen LogP contribution in [0.15, 0.2) is 0 Å². The van der Waals surface area contributed by atoms with Gasteiger partial charge in [0, 0.05) is 6.42 Å². The first-order valence-corrected chi connectivity index (χ1v) is 6.57. The summed E-state index contributed by atoms with van der Waals surface area (Å²) in [5, 5.41) is 8.85. The lowest BCUT2D eigenvalue weighted by Gasteiger charge is -2.28. The van der Waals surface area contributed by atoms with Crippen LogP contribution in [-0.2, 0) is 24.2 Å². The standard InChI is InChI=1S/C13H26O6/c1-6-7-10-16-11(14)8-9-13(5,17-15)19-18-12(2,3)4/h15H,6-10H2,1-5H3. The lowest BCUT2D eigenvalue weighted by molar-refractivity contribution is -0.513. The first-order valence-electron chi connectivity index (χ1n) is 6.57. The first-order chi connectivity index (χ1) is 8.72. The van der Waals surface area contributed by atoms with E-state index in [2.05, 4.69) is 4.89 Å². The summed E-state index contributed by atoms with van der Waals surface area (Å²) in [7, 11) is 0. The molecule has 0 bridgehead atoms. The van der Waals surface area contributed by atoms with Crippen LogP contribution in [0.2, 0.25) is 0 Å². The highest BCUT2D eigenvalue weighted by atomic mass is 17.3. The predicted molar refractivity (Wildman–Crippen MR) is 69.1 cm³/mol. The normalized spacial score (nSPS) is 15.1. The molecule has 0 aromatic heterocycles. The molecule has 6 heteroatoms. The molecular formula is C13H26O6. The molecule has 0 aliphatic rings. The fourth-order valence-corrected chi connectivity index (χ4v) is 1.05. The highest BCUT2D eigenvalue weighted by Gasteiger charge is 2.31. The molecule has 0 amide bonds. The number of hydrogen-bond donors (Lipinski definition) is 1. The molecule has 0 saturated heterocycles. The summed E-state index contributed by atoms with van der Waals surface area (Å²) in [6.45, 7) is 9.29. The minimum Gasteiger partial charge on any atom is -0.466 e. The van der Waals surface area contributed by atoms with Crippen LogP contribution in [0.4, 0.5) is 0 Å². The van der Waals surface area contributed by atoms with Crippen molar-refractivity contribution >= 4 is 5.97 Å². The molecule has 0 rings (SSSR count). The third-order valence-corrected chi connectivity index (χ3v) is 2.21. The van der Waals surface area contributed by atoms with E-state index in [1.807, 2.05) is 6.92 Å². The van der Waals surface area contributed by atoms with E-state index in [1.54, 1.807) is 20.8 Å². The smallest absolute Gasteiger partial charge is 0.305 e. The van der Waals surface area contributed by atoms with Crippen molar-refractivity contribution in [1.82, 2.24) is 0 Å². The van der Waals surface area contributed by atoms with Crippen molar-refractivity contribution in [2.45, 2.75) is 71.7 Å². The van der Waals surface area contributed by atoms with Crippen LogP contribution in [0.1, 0.15) is 60.3 Å². The molecule has 19 heavy (non-hydrogen) atoms. The maximum absolute atomic E-state index is 11.4. The third-order valence-electron chi connectivity index (χ3n) is 2.21. The van der Waals surface area contributed by atoms with Gasteiger partial charge in [0.2, 0.25) is 5.79 Å². The average Bonchev–Trinajstić information content (AvgIpc) is 2.33. The summed E-state index contributed by atoms with van der Waals surface area (Å²) in [6, 6.07) is 0. The Bertz CT molecular complexity index is 260. The van der Waals surface area contributed by atoms with Gasteiger partial charge in [-0.1, -0.05) is 13.3 Å². The van der Waals surface area contributed by atoms with Gasteiger partial charge in [-0.3, -0.25) is 4.79 Å². The summed E-state index contributed by atoms with van der Waals surface area (Å²) in [6.07, 6.45) is 2.01. The molecule has 0 aliphatic carbocycles. The molecule has 0 heterocycles. The fraction of sp³-hybridized carbons (Fsp3) is 0.923. The van der Waals surface area contributed by atoms with Gasteiger partial charge in [0.1, 0.15) is 0 Å².